The molecule has 0 saturated carbocycles. The van der Waals surface area contributed by atoms with Gasteiger partial charge >= 0.3 is 0 Å². The van der Waals surface area contributed by atoms with E-state index >= 15 is 0 Å². The summed E-state index contributed by atoms with van der Waals surface area (Å²) in [6.07, 6.45) is 2.71. The first-order valence-electron chi connectivity index (χ1n) is 12.9. The Hall–Kier alpha value is -2.85. The average molecular weight is 643 g/mol. The van der Waals surface area contributed by atoms with Gasteiger partial charge in [0.2, 0.25) is 21.8 Å². The largest absolute Gasteiger partial charge is 0.354 e. The van der Waals surface area contributed by atoms with Gasteiger partial charge < -0.3 is 10.2 Å². The van der Waals surface area contributed by atoms with Gasteiger partial charge in [-0.3, -0.25) is 13.9 Å². The van der Waals surface area contributed by atoms with Crippen molar-refractivity contribution >= 4 is 62.3 Å². The topological polar surface area (TPSA) is 86.8 Å². The summed E-state index contributed by atoms with van der Waals surface area (Å²) in [4.78, 5) is 28.9. The van der Waals surface area contributed by atoms with Crippen molar-refractivity contribution in [2.45, 2.75) is 38.8 Å². The zero-order valence-corrected chi connectivity index (χ0v) is 25.7. The summed E-state index contributed by atoms with van der Waals surface area (Å²) >= 11 is 18.3. The first-order valence-corrected chi connectivity index (χ1v) is 15.9. The molecule has 0 radical (unpaired) electrons. The Morgan fingerprint density at radius 3 is 2.24 bits per heavy atom. The van der Waals surface area contributed by atoms with Gasteiger partial charge in [-0.2, -0.15) is 0 Å². The predicted octanol–water partition coefficient (Wildman–Crippen LogP) is 6.11. The molecule has 2 amide bonds. The molecule has 1 atom stereocenters. The van der Waals surface area contributed by atoms with Crippen LogP contribution in [0.15, 0.2) is 66.7 Å². The van der Waals surface area contributed by atoms with E-state index in [0.717, 1.165) is 41.1 Å². The minimum Gasteiger partial charge on any atom is -0.354 e. The van der Waals surface area contributed by atoms with Gasteiger partial charge in [0.05, 0.1) is 27.0 Å². The number of benzene rings is 3. The lowest BCUT2D eigenvalue weighted by Crippen LogP contribution is -2.53. The molecular weight excluding hydrogens is 612 g/mol. The summed E-state index contributed by atoms with van der Waals surface area (Å²) in [5, 5.41) is 3.19. The number of anilines is 1. The van der Waals surface area contributed by atoms with Gasteiger partial charge in [0.15, 0.2) is 0 Å². The fourth-order valence-electron chi connectivity index (χ4n) is 4.15. The third kappa shape index (κ3) is 9.33. The first kappa shape index (κ1) is 32.7. The van der Waals surface area contributed by atoms with Gasteiger partial charge in [-0.15, -0.1) is 0 Å². The van der Waals surface area contributed by atoms with Crippen LogP contribution in [0.3, 0.4) is 0 Å². The number of hydrogen-bond acceptors (Lipinski definition) is 4. The molecule has 0 spiro atoms. The number of unbranched alkanes of at least 4 members (excludes halogenated alkanes) is 1. The Bertz CT molecular complexity index is 1480. The monoisotopic (exact) mass is 641 g/mol. The van der Waals surface area contributed by atoms with E-state index in [4.69, 9.17) is 34.8 Å². The van der Waals surface area contributed by atoms with E-state index in [9.17, 15) is 22.4 Å². The van der Waals surface area contributed by atoms with E-state index in [2.05, 4.69) is 5.32 Å². The Morgan fingerprint density at radius 1 is 0.927 bits per heavy atom. The highest BCUT2D eigenvalue weighted by Gasteiger charge is 2.33. The highest BCUT2D eigenvalue weighted by molar-refractivity contribution is 7.92. The fraction of sp³-hybridized carbons (Fsp3) is 0.310. The second-order valence-electron chi connectivity index (χ2n) is 9.49. The van der Waals surface area contributed by atoms with E-state index in [1.165, 1.54) is 11.0 Å². The van der Waals surface area contributed by atoms with Crippen molar-refractivity contribution in [1.29, 1.82) is 0 Å². The molecule has 0 aliphatic heterocycles. The van der Waals surface area contributed by atoms with Crippen molar-refractivity contribution < 1.29 is 22.4 Å². The molecule has 3 aromatic carbocycles. The summed E-state index contributed by atoms with van der Waals surface area (Å²) in [7, 11) is -4.02. The number of halogens is 4. The van der Waals surface area contributed by atoms with Gasteiger partial charge in [-0.1, -0.05) is 84.5 Å². The highest BCUT2D eigenvalue weighted by Crippen LogP contribution is 2.27. The summed E-state index contributed by atoms with van der Waals surface area (Å²) < 4.78 is 40.3. The second kappa shape index (κ2) is 14.9. The molecule has 0 fully saturated rings. The third-order valence-electron chi connectivity index (χ3n) is 6.31. The van der Waals surface area contributed by atoms with Crippen molar-refractivity contribution in [3.8, 4) is 0 Å². The minimum absolute atomic E-state index is 0.00810. The lowest BCUT2D eigenvalue weighted by molar-refractivity contribution is -0.140. The lowest BCUT2D eigenvalue weighted by atomic mass is 10.0. The molecule has 12 heteroatoms. The lowest BCUT2D eigenvalue weighted by Gasteiger charge is -2.33. The van der Waals surface area contributed by atoms with Crippen LogP contribution in [-0.2, 0) is 32.6 Å². The van der Waals surface area contributed by atoms with E-state index in [0.29, 0.717) is 17.1 Å². The Kier molecular flexibility index (Phi) is 11.8. The molecule has 3 aromatic rings. The number of amides is 2. The zero-order valence-electron chi connectivity index (χ0n) is 22.6. The van der Waals surface area contributed by atoms with Crippen LogP contribution in [0, 0.1) is 5.82 Å². The molecule has 220 valence electrons. The highest BCUT2D eigenvalue weighted by atomic mass is 35.5. The summed E-state index contributed by atoms with van der Waals surface area (Å²) in [5.41, 5.74) is 1.40. The maximum Gasteiger partial charge on any atom is 0.244 e. The van der Waals surface area contributed by atoms with E-state index < -0.39 is 34.3 Å². The summed E-state index contributed by atoms with van der Waals surface area (Å²) in [6, 6.07) is 16.4. The molecule has 41 heavy (non-hydrogen) atoms. The molecule has 0 saturated heterocycles. The van der Waals surface area contributed by atoms with Crippen molar-refractivity contribution in [3.05, 3.63) is 98.7 Å². The second-order valence-corrected chi connectivity index (χ2v) is 12.6. The standard InChI is InChI=1S/C29H31Cl3FN3O4S/c1-3-4-14-34-29(38)27(16-20-8-6-5-7-9-20)35(18-21-10-12-23(30)24(31)15-21)28(37)19-36(41(2,39)40)22-11-13-26(33)25(32)17-22/h5-13,15,17,27H,3-4,14,16,18-19H2,1-2H3,(H,34,38)/t27-/m1/s1. The third-order valence-corrected chi connectivity index (χ3v) is 8.48. The minimum atomic E-state index is -4.02. The molecular formula is C29H31Cl3FN3O4S. The van der Waals surface area contributed by atoms with Crippen LogP contribution >= 0.6 is 34.8 Å². The molecule has 7 nitrogen and oxygen atoms in total. The summed E-state index contributed by atoms with van der Waals surface area (Å²) in [6.45, 7) is 1.69. The maximum absolute atomic E-state index is 14.0. The average Bonchev–Trinajstić information content (AvgIpc) is 2.92. The van der Waals surface area contributed by atoms with Crippen LogP contribution < -0.4 is 9.62 Å². The molecule has 0 aliphatic rings. The molecule has 0 aromatic heterocycles. The Morgan fingerprint density at radius 2 is 1.63 bits per heavy atom. The van der Waals surface area contributed by atoms with Gasteiger partial charge in [0.1, 0.15) is 18.4 Å². The number of rotatable bonds is 13. The Labute approximate surface area is 255 Å². The van der Waals surface area contributed by atoms with Crippen LogP contribution in [0.2, 0.25) is 15.1 Å². The maximum atomic E-state index is 14.0. The van der Waals surface area contributed by atoms with E-state index in [1.54, 1.807) is 18.2 Å². The number of hydrogen-bond donors (Lipinski definition) is 1. The van der Waals surface area contributed by atoms with Crippen LogP contribution in [-0.4, -0.2) is 50.5 Å². The Balaban J connectivity index is 2.06. The van der Waals surface area contributed by atoms with Crippen molar-refractivity contribution in [2.24, 2.45) is 0 Å². The van der Waals surface area contributed by atoms with Crippen molar-refractivity contribution in [3.63, 3.8) is 0 Å². The SMILES string of the molecule is CCCCNC(=O)[C@@H](Cc1ccccc1)N(Cc1ccc(Cl)c(Cl)c1)C(=O)CN(c1ccc(F)c(Cl)c1)S(C)(=O)=O. The molecule has 3 rings (SSSR count). The number of nitrogens with one attached hydrogen (secondary N) is 1. The molecule has 0 bridgehead atoms. The number of carbonyl (C=O) groups excluding carboxylic acids is 2. The molecule has 0 heterocycles. The normalized spacial score (nSPS) is 12.0. The smallest absolute Gasteiger partial charge is 0.244 e. The van der Waals surface area contributed by atoms with E-state index in [-0.39, 0.29) is 34.6 Å². The number of nitrogens with zero attached hydrogens (tertiary/aromatic N) is 2. The first-order chi connectivity index (χ1) is 19.4. The van der Waals surface area contributed by atoms with Crippen LogP contribution in [0.5, 0.6) is 0 Å². The number of carbonyl (C=O) groups is 2. The molecule has 0 aliphatic carbocycles. The van der Waals surface area contributed by atoms with Crippen molar-refractivity contribution in [2.75, 3.05) is 23.7 Å². The predicted molar refractivity (Wildman–Crippen MR) is 162 cm³/mol. The van der Waals surface area contributed by atoms with Crippen LogP contribution in [0.25, 0.3) is 0 Å². The van der Waals surface area contributed by atoms with Crippen molar-refractivity contribution in [1.82, 2.24) is 10.2 Å². The zero-order chi connectivity index (χ0) is 30.2. The quantitative estimate of drug-likeness (QED) is 0.228. The fourth-order valence-corrected chi connectivity index (χ4v) is 5.49. The van der Waals surface area contributed by atoms with Crippen LogP contribution in [0.4, 0.5) is 10.1 Å². The van der Waals surface area contributed by atoms with Gasteiger partial charge in [0.25, 0.3) is 0 Å². The van der Waals surface area contributed by atoms with E-state index in [1.807, 2.05) is 37.3 Å². The number of sulfonamides is 1. The molecule has 1 N–H and O–H groups in total. The van der Waals surface area contributed by atoms with Crippen LogP contribution in [0.1, 0.15) is 30.9 Å². The van der Waals surface area contributed by atoms with Gasteiger partial charge in [-0.25, -0.2) is 12.8 Å². The van der Waals surface area contributed by atoms with Gasteiger partial charge in [-0.05, 0) is 47.9 Å². The molecule has 0 unspecified atom stereocenters. The van der Waals surface area contributed by atoms with Gasteiger partial charge in [0, 0.05) is 19.5 Å². The summed E-state index contributed by atoms with van der Waals surface area (Å²) in [5.74, 6) is -1.77.